The first-order chi connectivity index (χ1) is 9.79. The van der Waals surface area contributed by atoms with Crippen molar-refractivity contribution in [2.24, 2.45) is 5.92 Å². The molecule has 112 valence electrons. The van der Waals surface area contributed by atoms with E-state index < -0.39 is 0 Å². The molecule has 1 fully saturated rings. The molecule has 1 N–H and O–H groups in total. The zero-order chi connectivity index (χ0) is 14.2. The van der Waals surface area contributed by atoms with E-state index in [0.717, 1.165) is 45.2 Å². The summed E-state index contributed by atoms with van der Waals surface area (Å²) in [6.45, 7) is 4.26. The molecule has 1 aromatic rings. The van der Waals surface area contributed by atoms with Gasteiger partial charge in [0, 0.05) is 25.0 Å². The summed E-state index contributed by atoms with van der Waals surface area (Å²) in [5, 5.41) is 7.75. The smallest absolute Gasteiger partial charge is 0.308 e. The summed E-state index contributed by atoms with van der Waals surface area (Å²) < 4.78 is 7.07. The Kier molecular flexibility index (Phi) is 6.05. The Labute approximate surface area is 120 Å². The Bertz CT molecular complexity index is 392. The highest BCUT2D eigenvalue weighted by atomic mass is 16.5. The molecule has 0 aromatic carbocycles. The molecule has 0 spiro atoms. The lowest BCUT2D eigenvalue weighted by Gasteiger charge is -2.28. The van der Waals surface area contributed by atoms with Crippen LogP contribution in [0.4, 0.5) is 0 Å². The van der Waals surface area contributed by atoms with Crippen LogP contribution in [0, 0.1) is 5.92 Å². The van der Waals surface area contributed by atoms with E-state index in [1.165, 1.54) is 0 Å². The number of aryl methyl sites for hydroxylation is 1. The van der Waals surface area contributed by atoms with Crippen molar-refractivity contribution in [3.8, 4) is 0 Å². The minimum atomic E-state index is -0.0180. The Balaban J connectivity index is 1.64. The van der Waals surface area contributed by atoms with E-state index in [0.29, 0.717) is 12.6 Å². The third kappa shape index (κ3) is 4.63. The average molecular weight is 279 g/mol. The molecule has 2 rings (SSSR count). The first-order valence-corrected chi connectivity index (χ1v) is 7.67. The van der Waals surface area contributed by atoms with Gasteiger partial charge in [0.05, 0.1) is 12.5 Å². The monoisotopic (exact) mass is 279 g/mol. The van der Waals surface area contributed by atoms with Crippen LogP contribution >= 0.6 is 0 Å². The second-order valence-electron chi connectivity index (χ2n) is 5.39. The van der Waals surface area contributed by atoms with E-state index in [1.807, 2.05) is 23.9 Å². The van der Waals surface area contributed by atoms with Crippen molar-refractivity contribution in [3.05, 3.63) is 18.5 Å². The molecule has 1 saturated carbocycles. The molecule has 20 heavy (non-hydrogen) atoms. The van der Waals surface area contributed by atoms with Gasteiger partial charge < -0.3 is 10.1 Å². The van der Waals surface area contributed by atoms with E-state index >= 15 is 0 Å². The van der Waals surface area contributed by atoms with Gasteiger partial charge in [-0.3, -0.25) is 9.48 Å². The third-order valence-corrected chi connectivity index (χ3v) is 3.85. The van der Waals surface area contributed by atoms with E-state index in [4.69, 9.17) is 4.74 Å². The molecular weight excluding hydrogens is 254 g/mol. The Morgan fingerprint density at radius 1 is 1.50 bits per heavy atom. The van der Waals surface area contributed by atoms with Crippen LogP contribution in [0.5, 0.6) is 0 Å². The summed E-state index contributed by atoms with van der Waals surface area (Å²) in [6.07, 6.45) is 9.01. The number of esters is 1. The van der Waals surface area contributed by atoms with Crippen molar-refractivity contribution in [1.29, 1.82) is 0 Å². The van der Waals surface area contributed by atoms with Crippen LogP contribution in [0.2, 0.25) is 0 Å². The normalized spacial score (nSPS) is 22.6. The molecule has 5 nitrogen and oxygen atoms in total. The molecular formula is C15H25N3O2. The van der Waals surface area contributed by atoms with Crippen LogP contribution in [0.25, 0.3) is 0 Å². The molecule has 1 aliphatic carbocycles. The molecule has 1 aromatic heterocycles. The van der Waals surface area contributed by atoms with Crippen molar-refractivity contribution in [2.45, 2.75) is 51.6 Å². The second kappa shape index (κ2) is 8.04. The molecule has 1 aliphatic rings. The fraction of sp³-hybridized carbons (Fsp3) is 0.733. The first-order valence-electron chi connectivity index (χ1n) is 7.67. The number of hydrogen-bond acceptors (Lipinski definition) is 4. The molecule has 5 heteroatoms. The number of carbonyl (C=O) groups is 1. The van der Waals surface area contributed by atoms with Crippen molar-refractivity contribution >= 4 is 5.97 Å². The summed E-state index contributed by atoms with van der Waals surface area (Å²) in [4.78, 5) is 11.8. The standard InChI is InChI=1S/C15H25N3O2/c1-2-20-15(19)13-6-3-7-14(12-13)16-8-4-10-18-11-5-9-17-18/h5,9,11,13-14,16H,2-4,6-8,10,12H2,1H3. The van der Waals surface area contributed by atoms with Gasteiger partial charge in [0.15, 0.2) is 0 Å². The summed E-state index contributed by atoms with van der Waals surface area (Å²) >= 11 is 0. The third-order valence-electron chi connectivity index (χ3n) is 3.85. The maximum atomic E-state index is 11.8. The van der Waals surface area contributed by atoms with Gasteiger partial charge in [0.25, 0.3) is 0 Å². The molecule has 0 amide bonds. The SMILES string of the molecule is CCOC(=O)C1CCCC(NCCCn2cccn2)C1. The number of hydrogen-bond donors (Lipinski definition) is 1. The van der Waals surface area contributed by atoms with E-state index in [1.54, 1.807) is 6.20 Å². The largest absolute Gasteiger partial charge is 0.466 e. The van der Waals surface area contributed by atoms with Crippen LogP contribution < -0.4 is 5.32 Å². The Morgan fingerprint density at radius 2 is 2.40 bits per heavy atom. The predicted octanol–water partition coefficient (Wildman–Crippen LogP) is 1.98. The fourth-order valence-corrected chi connectivity index (χ4v) is 2.83. The van der Waals surface area contributed by atoms with E-state index in [2.05, 4.69) is 10.4 Å². The topological polar surface area (TPSA) is 56.1 Å². The van der Waals surface area contributed by atoms with Gasteiger partial charge in [-0.2, -0.15) is 5.10 Å². The maximum absolute atomic E-state index is 11.8. The second-order valence-corrected chi connectivity index (χ2v) is 5.39. The number of nitrogens with zero attached hydrogens (tertiary/aromatic N) is 2. The van der Waals surface area contributed by atoms with Gasteiger partial charge in [-0.15, -0.1) is 0 Å². The minimum Gasteiger partial charge on any atom is -0.466 e. The van der Waals surface area contributed by atoms with Crippen molar-refractivity contribution < 1.29 is 9.53 Å². The van der Waals surface area contributed by atoms with Gasteiger partial charge in [-0.05, 0) is 45.2 Å². The van der Waals surface area contributed by atoms with Gasteiger partial charge in [0.2, 0.25) is 0 Å². The first kappa shape index (κ1) is 15.0. The Morgan fingerprint density at radius 3 is 3.15 bits per heavy atom. The van der Waals surface area contributed by atoms with E-state index in [9.17, 15) is 4.79 Å². The number of aromatic nitrogens is 2. The average Bonchev–Trinajstić information content (AvgIpc) is 2.97. The van der Waals surface area contributed by atoms with Crippen LogP contribution in [0.1, 0.15) is 39.0 Å². The summed E-state index contributed by atoms with van der Waals surface area (Å²) in [6, 6.07) is 2.40. The number of rotatable bonds is 7. The number of carbonyl (C=O) groups excluding carboxylic acids is 1. The van der Waals surface area contributed by atoms with Crippen LogP contribution in [0.15, 0.2) is 18.5 Å². The molecule has 2 atom stereocenters. The molecule has 0 bridgehead atoms. The molecule has 2 unspecified atom stereocenters. The fourth-order valence-electron chi connectivity index (χ4n) is 2.83. The van der Waals surface area contributed by atoms with Crippen LogP contribution in [-0.4, -0.2) is 34.9 Å². The van der Waals surface area contributed by atoms with Gasteiger partial charge >= 0.3 is 5.97 Å². The zero-order valence-corrected chi connectivity index (χ0v) is 12.3. The maximum Gasteiger partial charge on any atom is 0.308 e. The number of nitrogens with one attached hydrogen (secondary N) is 1. The van der Waals surface area contributed by atoms with Crippen LogP contribution in [0.3, 0.4) is 0 Å². The van der Waals surface area contributed by atoms with Gasteiger partial charge in [0.1, 0.15) is 0 Å². The van der Waals surface area contributed by atoms with Gasteiger partial charge in [-0.1, -0.05) is 6.42 Å². The van der Waals surface area contributed by atoms with Crippen LogP contribution in [-0.2, 0) is 16.1 Å². The van der Waals surface area contributed by atoms with Crippen molar-refractivity contribution in [1.82, 2.24) is 15.1 Å². The molecule has 0 saturated heterocycles. The lowest BCUT2D eigenvalue weighted by atomic mass is 9.85. The molecule has 0 radical (unpaired) electrons. The highest BCUT2D eigenvalue weighted by Gasteiger charge is 2.27. The quantitative estimate of drug-likeness (QED) is 0.612. The highest BCUT2D eigenvalue weighted by Crippen LogP contribution is 2.25. The lowest BCUT2D eigenvalue weighted by Crippen LogP contribution is -2.37. The predicted molar refractivity (Wildman–Crippen MR) is 77.2 cm³/mol. The van der Waals surface area contributed by atoms with Crippen molar-refractivity contribution in [2.75, 3.05) is 13.2 Å². The minimum absolute atomic E-state index is 0.0180. The lowest BCUT2D eigenvalue weighted by molar-refractivity contribution is -0.149. The highest BCUT2D eigenvalue weighted by molar-refractivity contribution is 5.72. The van der Waals surface area contributed by atoms with Gasteiger partial charge in [-0.25, -0.2) is 0 Å². The number of ether oxygens (including phenoxy) is 1. The molecule has 0 aliphatic heterocycles. The summed E-state index contributed by atoms with van der Waals surface area (Å²) in [5.74, 6) is 0.0721. The summed E-state index contributed by atoms with van der Waals surface area (Å²) in [7, 11) is 0. The Hall–Kier alpha value is -1.36. The summed E-state index contributed by atoms with van der Waals surface area (Å²) in [5.41, 5.74) is 0. The zero-order valence-electron chi connectivity index (χ0n) is 12.3. The van der Waals surface area contributed by atoms with E-state index in [-0.39, 0.29) is 11.9 Å². The van der Waals surface area contributed by atoms with Crippen molar-refractivity contribution in [3.63, 3.8) is 0 Å². The molecule has 1 heterocycles.